The van der Waals surface area contributed by atoms with Crippen LogP contribution in [0.4, 0.5) is 0 Å². The smallest absolute Gasteiger partial charge is 0.191 e. The van der Waals surface area contributed by atoms with Gasteiger partial charge >= 0.3 is 0 Å². The third kappa shape index (κ3) is 5.26. The Bertz CT molecular complexity index is 918. The van der Waals surface area contributed by atoms with Crippen molar-refractivity contribution in [3.8, 4) is 0 Å². The minimum Gasteiger partial charge on any atom is -0.191 e. The average Bonchev–Trinajstić information content (AvgIpc) is 3.03. The Balaban J connectivity index is 1.85. The highest BCUT2D eigenvalue weighted by atomic mass is 35.5. The standard InChI is InChI=1S/C19H17Cl3N4S/c1-2-4-18-24-25-19(27-12-13-7-9-14(20)10-8-13)26(18)23-11-15-16(21)5-3-6-17(15)22/h3,5-11H,2,4,12H2,1H3/b23-11+. The molecule has 3 aromatic rings. The summed E-state index contributed by atoms with van der Waals surface area (Å²) in [6.07, 6.45) is 3.38. The lowest BCUT2D eigenvalue weighted by Crippen LogP contribution is -2.01. The number of nitrogens with zero attached hydrogens (tertiary/aromatic N) is 4. The second-order valence-corrected chi connectivity index (χ2v) is 7.95. The Morgan fingerprint density at radius 1 is 1.04 bits per heavy atom. The van der Waals surface area contributed by atoms with E-state index in [1.807, 2.05) is 24.3 Å². The molecule has 27 heavy (non-hydrogen) atoms. The van der Waals surface area contributed by atoms with Gasteiger partial charge in [-0.15, -0.1) is 10.2 Å². The lowest BCUT2D eigenvalue weighted by Gasteiger charge is -2.05. The minimum absolute atomic E-state index is 0.548. The molecule has 3 rings (SSSR count). The molecule has 0 fully saturated rings. The molecule has 0 amide bonds. The lowest BCUT2D eigenvalue weighted by molar-refractivity contribution is 0.700. The van der Waals surface area contributed by atoms with Gasteiger partial charge in [0.2, 0.25) is 5.16 Å². The first-order valence-electron chi connectivity index (χ1n) is 8.38. The summed E-state index contributed by atoms with van der Waals surface area (Å²) in [4.78, 5) is 0. The zero-order valence-electron chi connectivity index (χ0n) is 14.6. The first-order valence-corrected chi connectivity index (χ1v) is 10.5. The van der Waals surface area contributed by atoms with E-state index in [0.29, 0.717) is 20.8 Å². The first-order chi connectivity index (χ1) is 13.1. The van der Waals surface area contributed by atoms with Crippen molar-refractivity contribution in [2.45, 2.75) is 30.7 Å². The Labute approximate surface area is 177 Å². The average molecular weight is 440 g/mol. The Hall–Kier alpha value is -1.53. The predicted octanol–water partition coefficient (Wildman–Crippen LogP) is 6.37. The first kappa shape index (κ1) is 20.2. The van der Waals surface area contributed by atoms with Crippen molar-refractivity contribution < 1.29 is 0 Å². The fourth-order valence-corrected chi connectivity index (χ4v) is 3.84. The third-order valence-electron chi connectivity index (χ3n) is 3.73. The summed E-state index contributed by atoms with van der Waals surface area (Å²) in [6.45, 7) is 2.09. The zero-order valence-corrected chi connectivity index (χ0v) is 17.7. The van der Waals surface area contributed by atoms with E-state index in [9.17, 15) is 0 Å². The van der Waals surface area contributed by atoms with E-state index >= 15 is 0 Å². The highest BCUT2D eigenvalue weighted by Crippen LogP contribution is 2.25. The molecule has 0 aliphatic carbocycles. The second-order valence-electron chi connectivity index (χ2n) is 5.76. The number of rotatable bonds is 7. The van der Waals surface area contributed by atoms with E-state index in [0.717, 1.165) is 35.0 Å². The number of hydrogen-bond donors (Lipinski definition) is 0. The van der Waals surface area contributed by atoms with Gasteiger partial charge in [-0.3, -0.25) is 0 Å². The van der Waals surface area contributed by atoms with E-state index in [1.54, 1.807) is 40.9 Å². The molecule has 0 radical (unpaired) electrons. The number of aromatic nitrogens is 3. The van der Waals surface area contributed by atoms with Crippen LogP contribution < -0.4 is 0 Å². The van der Waals surface area contributed by atoms with Crippen molar-refractivity contribution in [1.82, 2.24) is 14.9 Å². The molecule has 4 nitrogen and oxygen atoms in total. The maximum atomic E-state index is 6.23. The van der Waals surface area contributed by atoms with Gasteiger partial charge in [0.05, 0.1) is 16.3 Å². The molecular formula is C19H17Cl3N4S. The molecule has 0 atom stereocenters. The van der Waals surface area contributed by atoms with E-state index in [1.165, 1.54) is 0 Å². The van der Waals surface area contributed by atoms with Crippen molar-refractivity contribution in [3.63, 3.8) is 0 Å². The van der Waals surface area contributed by atoms with Gasteiger partial charge in [0.1, 0.15) is 0 Å². The summed E-state index contributed by atoms with van der Waals surface area (Å²) in [6, 6.07) is 13.1. The minimum atomic E-state index is 0.548. The highest BCUT2D eigenvalue weighted by Gasteiger charge is 2.12. The van der Waals surface area contributed by atoms with Crippen LogP contribution in [0.2, 0.25) is 15.1 Å². The van der Waals surface area contributed by atoms with Crippen LogP contribution in [0.3, 0.4) is 0 Å². The molecule has 0 saturated carbocycles. The Morgan fingerprint density at radius 3 is 2.41 bits per heavy atom. The molecule has 140 valence electrons. The molecule has 1 aromatic heterocycles. The topological polar surface area (TPSA) is 43.1 Å². The van der Waals surface area contributed by atoms with Crippen molar-refractivity contribution >= 4 is 52.8 Å². The van der Waals surface area contributed by atoms with Gasteiger partial charge in [0.25, 0.3) is 0 Å². The molecule has 0 aliphatic rings. The van der Waals surface area contributed by atoms with Crippen LogP contribution in [0.25, 0.3) is 0 Å². The summed E-state index contributed by atoms with van der Waals surface area (Å²) in [7, 11) is 0. The van der Waals surface area contributed by atoms with E-state index in [-0.39, 0.29) is 0 Å². The fraction of sp³-hybridized carbons (Fsp3) is 0.211. The van der Waals surface area contributed by atoms with Crippen LogP contribution in [0.5, 0.6) is 0 Å². The normalized spacial score (nSPS) is 11.4. The number of benzene rings is 2. The van der Waals surface area contributed by atoms with Gasteiger partial charge in [0.15, 0.2) is 5.82 Å². The van der Waals surface area contributed by atoms with Gasteiger partial charge in [-0.2, -0.15) is 9.78 Å². The van der Waals surface area contributed by atoms with Crippen LogP contribution >= 0.6 is 46.6 Å². The molecule has 0 N–H and O–H groups in total. The summed E-state index contributed by atoms with van der Waals surface area (Å²) in [5.74, 6) is 1.54. The van der Waals surface area contributed by atoms with Gasteiger partial charge < -0.3 is 0 Å². The van der Waals surface area contributed by atoms with Gasteiger partial charge in [0, 0.05) is 22.8 Å². The number of aryl methyl sites for hydroxylation is 1. The molecule has 0 saturated heterocycles. The number of hydrogen-bond acceptors (Lipinski definition) is 4. The lowest BCUT2D eigenvalue weighted by atomic mass is 10.2. The maximum Gasteiger partial charge on any atom is 0.212 e. The Kier molecular flexibility index (Phi) is 7.19. The molecule has 0 bridgehead atoms. The molecule has 0 spiro atoms. The van der Waals surface area contributed by atoms with Crippen LogP contribution in [0.15, 0.2) is 52.7 Å². The monoisotopic (exact) mass is 438 g/mol. The molecule has 0 aliphatic heterocycles. The van der Waals surface area contributed by atoms with Crippen LogP contribution in [0, 0.1) is 0 Å². The molecule has 2 aromatic carbocycles. The molecule has 0 unspecified atom stereocenters. The van der Waals surface area contributed by atoms with Crippen LogP contribution in [0.1, 0.15) is 30.3 Å². The fourth-order valence-electron chi connectivity index (χ4n) is 2.36. The SMILES string of the molecule is CCCc1nnc(SCc2ccc(Cl)cc2)n1/N=C/c1c(Cl)cccc1Cl. The maximum absolute atomic E-state index is 6.23. The molecular weight excluding hydrogens is 423 g/mol. The van der Waals surface area contributed by atoms with E-state index < -0.39 is 0 Å². The van der Waals surface area contributed by atoms with Crippen LogP contribution in [-0.4, -0.2) is 21.1 Å². The van der Waals surface area contributed by atoms with Crippen LogP contribution in [-0.2, 0) is 12.2 Å². The van der Waals surface area contributed by atoms with Gasteiger partial charge in [-0.05, 0) is 36.2 Å². The third-order valence-corrected chi connectivity index (χ3v) is 5.64. The largest absolute Gasteiger partial charge is 0.212 e. The summed E-state index contributed by atoms with van der Waals surface area (Å²) < 4.78 is 1.75. The number of thioether (sulfide) groups is 1. The van der Waals surface area contributed by atoms with E-state index in [2.05, 4.69) is 22.2 Å². The summed E-state index contributed by atoms with van der Waals surface area (Å²) in [5.41, 5.74) is 1.82. The molecule has 8 heteroatoms. The predicted molar refractivity (Wildman–Crippen MR) is 114 cm³/mol. The Morgan fingerprint density at radius 2 is 1.74 bits per heavy atom. The van der Waals surface area contributed by atoms with Crippen molar-refractivity contribution in [3.05, 3.63) is 74.5 Å². The number of halogens is 3. The van der Waals surface area contributed by atoms with Crippen molar-refractivity contribution in [1.29, 1.82) is 0 Å². The van der Waals surface area contributed by atoms with E-state index in [4.69, 9.17) is 34.8 Å². The quantitative estimate of drug-likeness (QED) is 0.317. The summed E-state index contributed by atoms with van der Waals surface area (Å²) >= 11 is 20.0. The highest BCUT2D eigenvalue weighted by molar-refractivity contribution is 7.98. The van der Waals surface area contributed by atoms with Crippen molar-refractivity contribution in [2.24, 2.45) is 5.10 Å². The van der Waals surface area contributed by atoms with Gasteiger partial charge in [-0.25, -0.2) is 0 Å². The second kappa shape index (κ2) is 9.60. The zero-order chi connectivity index (χ0) is 19.2. The molecule has 1 heterocycles. The summed E-state index contributed by atoms with van der Waals surface area (Å²) in [5, 5.41) is 15.7. The van der Waals surface area contributed by atoms with Gasteiger partial charge in [-0.1, -0.05) is 71.7 Å². The van der Waals surface area contributed by atoms with Crippen molar-refractivity contribution in [2.75, 3.05) is 0 Å².